The van der Waals surface area contributed by atoms with Crippen LogP contribution in [0.25, 0.3) is 0 Å². The largest absolute Gasteiger partial charge is 0.497 e. The minimum Gasteiger partial charge on any atom is -0.497 e. The number of carbonyl (C=O) groups is 1. The molecule has 1 atom stereocenters. The summed E-state index contributed by atoms with van der Waals surface area (Å²) in [4.78, 5) is 22.9. The zero-order valence-electron chi connectivity index (χ0n) is 25.6. The number of rotatable bonds is 7. The van der Waals surface area contributed by atoms with Gasteiger partial charge in [0.1, 0.15) is 11.6 Å². The Kier molecular flexibility index (Phi) is 9.27. The molecule has 0 radical (unpaired) electrons. The van der Waals surface area contributed by atoms with Gasteiger partial charge in [-0.25, -0.2) is 17.8 Å². The third-order valence-corrected chi connectivity index (χ3v) is 10.1. The van der Waals surface area contributed by atoms with Crippen molar-refractivity contribution >= 4 is 50.6 Å². The Labute approximate surface area is 283 Å². The van der Waals surface area contributed by atoms with E-state index >= 15 is 0 Å². The highest BCUT2D eigenvalue weighted by Gasteiger charge is 2.37. The van der Waals surface area contributed by atoms with Crippen LogP contribution >= 0.6 is 23.2 Å². The fourth-order valence-corrected chi connectivity index (χ4v) is 6.64. The number of guanidine groups is 1. The van der Waals surface area contributed by atoms with Crippen molar-refractivity contribution in [3.63, 3.8) is 0 Å². The van der Waals surface area contributed by atoms with Crippen LogP contribution in [0.2, 0.25) is 10.0 Å². The highest BCUT2D eigenvalue weighted by Crippen LogP contribution is 2.38. The van der Waals surface area contributed by atoms with Crippen LogP contribution in [0.3, 0.4) is 0 Å². The lowest BCUT2D eigenvalue weighted by molar-refractivity contribution is 0.0675. The van der Waals surface area contributed by atoms with Gasteiger partial charge in [-0.05, 0) is 89.9 Å². The molecule has 12 heteroatoms. The zero-order valence-corrected chi connectivity index (χ0v) is 27.9. The molecule has 8 nitrogen and oxygen atoms in total. The normalized spacial score (nSPS) is 17.4. The van der Waals surface area contributed by atoms with E-state index in [1.165, 1.54) is 18.4 Å². The fraction of sp³-hybridized carbons (Fsp3) is 0.200. The van der Waals surface area contributed by atoms with Gasteiger partial charge in [0.25, 0.3) is 5.91 Å². The van der Waals surface area contributed by atoms with Crippen molar-refractivity contribution in [2.75, 3.05) is 31.4 Å². The first kappa shape index (κ1) is 32.6. The second kappa shape index (κ2) is 13.4. The van der Waals surface area contributed by atoms with Gasteiger partial charge in [-0.2, -0.15) is 0 Å². The highest BCUT2D eigenvalue weighted by atomic mass is 35.5. The van der Waals surface area contributed by atoms with E-state index in [9.17, 15) is 17.6 Å². The molecule has 1 amide bonds. The van der Waals surface area contributed by atoms with E-state index in [-0.39, 0.29) is 28.2 Å². The quantitative estimate of drug-likeness (QED) is 0.223. The van der Waals surface area contributed by atoms with Gasteiger partial charge in [0.15, 0.2) is 9.84 Å². The van der Waals surface area contributed by atoms with Gasteiger partial charge < -0.3 is 19.9 Å². The second-order valence-electron chi connectivity index (χ2n) is 11.4. The molecule has 6 rings (SSSR count). The molecule has 0 saturated heterocycles. The molecule has 0 aliphatic carbocycles. The number of methoxy groups -OCH3 is 1. The van der Waals surface area contributed by atoms with Crippen LogP contribution in [0.1, 0.15) is 33.9 Å². The molecule has 1 unspecified atom stereocenters. The third kappa shape index (κ3) is 7.15. The summed E-state index contributed by atoms with van der Waals surface area (Å²) in [6.45, 7) is 1.03. The number of ether oxygens (including phenoxy) is 1. The van der Waals surface area contributed by atoms with Crippen molar-refractivity contribution in [1.82, 2.24) is 10.2 Å². The monoisotopic (exact) mass is 692 g/mol. The Balaban J connectivity index is 1.39. The van der Waals surface area contributed by atoms with E-state index in [1.54, 1.807) is 66.6 Å². The maximum atomic E-state index is 14.0. The minimum absolute atomic E-state index is 0.216. The Morgan fingerprint density at radius 1 is 0.957 bits per heavy atom. The first-order valence-corrected chi connectivity index (χ1v) is 17.4. The molecule has 4 aromatic rings. The molecule has 0 bridgehead atoms. The Morgan fingerprint density at radius 2 is 1.66 bits per heavy atom. The first-order valence-electron chi connectivity index (χ1n) is 14.7. The maximum absolute atomic E-state index is 14.0. The van der Waals surface area contributed by atoms with Gasteiger partial charge in [0.05, 0.1) is 41.2 Å². The third-order valence-electron chi connectivity index (χ3n) is 8.27. The smallest absolute Gasteiger partial charge is 0.254 e. The summed E-state index contributed by atoms with van der Waals surface area (Å²) in [6, 6.07) is 24.8. The summed E-state index contributed by atoms with van der Waals surface area (Å²) in [5.41, 5.74) is 4.74. The molecule has 47 heavy (non-hydrogen) atoms. The predicted molar refractivity (Wildman–Crippen MR) is 182 cm³/mol. The van der Waals surface area contributed by atoms with Crippen LogP contribution in [0.4, 0.5) is 10.1 Å². The van der Waals surface area contributed by atoms with E-state index in [1.807, 2.05) is 29.2 Å². The van der Waals surface area contributed by atoms with Crippen LogP contribution < -0.4 is 15.0 Å². The van der Waals surface area contributed by atoms with Gasteiger partial charge in [-0.15, -0.1) is 0 Å². The first-order chi connectivity index (χ1) is 22.5. The molecule has 242 valence electrons. The van der Waals surface area contributed by atoms with Crippen molar-refractivity contribution in [3.8, 4) is 5.75 Å². The number of carbonyl (C=O) groups excluding carboxylic acids is 1. The molecule has 0 spiro atoms. The van der Waals surface area contributed by atoms with E-state index in [0.29, 0.717) is 36.1 Å². The van der Waals surface area contributed by atoms with E-state index < -0.39 is 15.9 Å². The highest BCUT2D eigenvalue weighted by molar-refractivity contribution is 7.90. The number of benzene rings is 4. The molecule has 2 aliphatic heterocycles. The van der Waals surface area contributed by atoms with Crippen LogP contribution in [-0.2, 0) is 16.4 Å². The van der Waals surface area contributed by atoms with Gasteiger partial charge in [0.2, 0.25) is 5.96 Å². The zero-order chi connectivity index (χ0) is 33.3. The summed E-state index contributed by atoms with van der Waals surface area (Å²) in [5, 5.41) is 4.11. The van der Waals surface area contributed by atoms with Crippen LogP contribution in [0.5, 0.6) is 5.75 Å². The van der Waals surface area contributed by atoms with Crippen LogP contribution in [0.15, 0.2) is 112 Å². The standard InChI is InChI=1S/C35H31Cl2FN4O4S/c1-46-28-12-3-22(4-13-28)19-39-35-40-32-21-42(34(43)24-7-16-30(36)31(37)17-24)33(23-5-8-26(38)9-6-23)18-25(32)20-41(35)27-10-14-29(15-11-27)47(2,44)45/h3-17,33H,18-21H2,1-2H3,(H,39,40). The van der Waals surface area contributed by atoms with Crippen LogP contribution in [0, 0.1) is 5.82 Å². The number of anilines is 1. The Bertz CT molecular complexity index is 1980. The number of amides is 1. The van der Waals surface area contributed by atoms with Gasteiger partial charge in [-0.1, -0.05) is 47.5 Å². The van der Waals surface area contributed by atoms with Crippen molar-refractivity contribution in [2.24, 2.45) is 4.99 Å². The molecule has 0 fully saturated rings. The molecule has 2 aliphatic rings. The number of sulfone groups is 1. The lowest BCUT2D eigenvalue weighted by Gasteiger charge is -2.43. The van der Waals surface area contributed by atoms with Gasteiger partial charge in [-0.3, -0.25) is 4.79 Å². The number of nitrogens with zero attached hydrogens (tertiary/aromatic N) is 3. The van der Waals surface area contributed by atoms with Crippen molar-refractivity contribution in [3.05, 3.63) is 135 Å². The average molecular weight is 694 g/mol. The number of halogens is 3. The molecular weight excluding hydrogens is 662 g/mol. The number of hydrogen-bond donors (Lipinski definition) is 1. The summed E-state index contributed by atoms with van der Waals surface area (Å²) in [7, 11) is -1.77. The van der Waals surface area contributed by atoms with Gasteiger partial charge >= 0.3 is 0 Å². The summed E-state index contributed by atoms with van der Waals surface area (Å²) < 4.78 is 43.5. The number of nitrogens with one attached hydrogen (secondary N) is 1. The summed E-state index contributed by atoms with van der Waals surface area (Å²) >= 11 is 12.4. The molecule has 0 saturated carbocycles. The summed E-state index contributed by atoms with van der Waals surface area (Å²) in [5.74, 6) is 0.674. The Morgan fingerprint density at radius 3 is 2.30 bits per heavy atom. The lowest BCUT2D eigenvalue weighted by Crippen LogP contribution is -2.53. The summed E-state index contributed by atoms with van der Waals surface area (Å²) in [6.07, 6.45) is 1.64. The molecule has 2 heterocycles. The number of aliphatic imine (C=N–C) groups is 1. The molecule has 0 aromatic heterocycles. The predicted octanol–water partition coefficient (Wildman–Crippen LogP) is 7.05. The van der Waals surface area contributed by atoms with Gasteiger partial charge in [0, 0.05) is 29.7 Å². The topological polar surface area (TPSA) is 91.3 Å². The van der Waals surface area contributed by atoms with E-state index in [2.05, 4.69) is 5.32 Å². The van der Waals surface area contributed by atoms with Crippen molar-refractivity contribution in [1.29, 1.82) is 0 Å². The second-order valence-corrected chi connectivity index (χ2v) is 14.2. The molecule has 4 aromatic carbocycles. The maximum Gasteiger partial charge on any atom is 0.254 e. The molecule has 1 N–H and O–H groups in total. The molecular formula is C35H31Cl2FN4O4S. The lowest BCUT2D eigenvalue weighted by atomic mass is 9.90. The minimum atomic E-state index is -3.38. The SMILES string of the molecule is COc1ccc(CN=C2NC3=C(CC(c4ccc(F)cc4)N(C(=O)c4ccc(Cl)c(Cl)c4)C3)CN2c2ccc(S(C)(=O)=O)cc2)cc1. The fourth-order valence-electron chi connectivity index (χ4n) is 5.72. The number of hydrogen-bond acceptors (Lipinski definition) is 5. The van der Waals surface area contributed by atoms with Crippen molar-refractivity contribution in [2.45, 2.75) is 23.9 Å². The van der Waals surface area contributed by atoms with Crippen LogP contribution in [-0.4, -0.2) is 51.6 Å². The average Bonchev–Trinajstić information content (AvgIpc) is 3.07. The van der Waals surface area contributed by atoms with Crippen molar-refractivity contribution < 1.29 is 22.3 Å². The van der Waals surface area contributed by atoms with E-state index in [0.717, 1.165) is 33.8 Å². The Hall–Kier alpha value is -4.38. The van der Waals surface area contributed by atoms with E-state index in [4.69, 9.17) is 32.9 Å².